The van der Waals surface area contributed by atoms with E-state index in [0.717, 1.165) is 21.5 Å². The highest BCUT2D eigenvalue weighted by Gasteiger charge is 2.05. The lowest BCUT2D eigenvalue weighted by molar-refractivity contribution is 0.101. The Morgan fingerprint density at radius 3 is 2.45 bits per heavy atom. The van der Waals surface area contributed by atoms with Crippen LogP contribution in [-0.4, -0.2) is 18.1 Å². The third kappa shape index (κ3) is 4.53. The van der Waals surface area contributed by atoms with Crippen LogP contribution < -0.4 is 4.74 Å². The van der Waals surface area contributed by atoms with Gasteiger partial charge in [-0.25, -0.2) is 0 Å². The number of benzene rings is 2. The van der Waals surface area contributed by atoms with Gasteiger partial charge in [-0.3, -0.25) is 9.79 Å². The van der Waals surface area contributed by atoms with Crippen LogP contribution in [0.3, 0.4) is 0 Å². The van der Waals surface area contributed by atoms with E-state index in [0.29, 0.717) is 5.56 Å². The van der Waals surface area contributed by atoms with Crippen LogP contribution in [0.2, 0.25) is 0 Å². The van der Waals surface area contributed by atoms with Crippen LogP contribution >= 0.6 is 15.9 Å². The van der Waals surface area contributed by atoms with Crippen molar-refractivity contribution in [3.8, 4) is 5.75 Å². The Morgan fingerprint density at radius 1 is 1.18 bits per heavy atom. The van der Waals surface area contributed by atoms with Gasteiger partial charge in [0.1, 0.15) is 5.75 Å². The van der Waals surface area contributed by atoms with Crippen molar-refractivity contribution in [2.45, 2.75) is 26.9 Å². The number of halogens is 1. The molecule has 0 radical (unpaired) electrons. The molecule has 22 heavy (non-hydrogen) atoms. The van der Waals surface area contributed by atoms with E-state index >= 15 is 0 Å². The zero-order valence-corrected chi connectivity index (χ0v) is 14.4. The van der Waals surface area contributed by atoms with E-state index in [4.69, 9.17) is 4.74 Å². The van der Waals surface area contributed by atoms with Crippen LogP contribution in [0.15, 0.2) is 51.9 Å². The van der Waals surface area contributed by atoms with Gasteiger partial charge in [-0.2, -0.15) is 0 Å². The molecule has 0 aliphatic carbocycles. The van der Waals surface area contributed by atoms with Crippen molar-refractivity contribution in [1.82, 2.24) is 0 Å². The molecular weight excluding hydrogens is 342 g/mol. The standard InChI is InChI=1S/C18H18BrNO2/c1-12(2)22-18-9-6-16(19)10-15(18)11-20-17-7-4-14(5-8-17)13(3)21/h4-12H,1-3H3. The molecule has 0 amide bonds. The van der Waals surface area contributed by atoms with Crippen molar-refractivity contribution in [2.75, 3.05) is 0 Å². The first-order valence-corrected chi connectivity index (χ1v) is 7.86. The first-order valence-electron chi connectivity index (χ1n) is 7.07. The van der Waals surface area contributed by atoms with E-state index in [-0.39, 0.29) is 11.9 Å². The van der Waals surface area contributed by atoms with Crippen molar-refractivity contribution >= 4 is 33.6 Å². The minimum absolute atomic E-state index is 0.0511. The molecule has 2 rings (SSSR count). The van der Waals surface area contributed by atoms with E-state index in [1.54, 1.807) is 25.3 Å². The number of rotatable bonds is 5. The summed E-state index contributed by atoms with van der Waals surface area (Å²) in [5.74, 6) is 0.845. The Balaban J connectivity index is 2.25. The summed E-state index contributed by atoms with van der Waals surface area (Å²) < 4.78 is 6.75. The van der Waals surface area contributed by atoms with E-state index in [2.05, 4.69) is 20.9 Å². The summed E-state index contributed by atoms with van der Waals surface area (Å²) in [4.78, 5) is 15.7. The molecule has 0 aliphatic heterocycles. The summed E-state index contributed by atoms with van der Waals surface area (Å²) in [5.41, 5.74) is 2.38. The third-order valence-corrected chi connectivity index (χ3v) is 3.45. The van der Waals surface area contributed by atoms with Gasteiger partial charge >= 0.3 is 0 Å². The molecule has 0 spiro atoms. The molecule has 0 aliphatic rings. The number of nitrogens with zero attached hydrogens (tertiary/aromatic N) is 1. The van der Waals surface area contributed by atoms with Crippen molar-refractivity contribution in [3.63, 3.8) is 0 Å². The molecule has 0 atom stereocenters. The van der Waals surface area contributed by atoms with Gasteiger partial charge in [0.2, 0.25) is 0 Å². The summed E-state index contributed by atoms with van der Waals surface area (Å²) in [6, 6.07) is 13.0. The van der Waals surface area contributed by atoms with Crippen molar-refractivity contribution < 1.29 is 9.53 Å². The van der Waals surface area contributed by atoms with Gasteiger partial charge in [-0.1, -0.05) is 15.9 Å². The maximum Gasteiger partial charge on any atom is 0.159 e. The number of ketones is 1. The first kappa shape index (κ1) is 16.4. The minimum Gasteiger partial charge on any atom is -0.490 e. The van der Waals surface area contributed by atoms with Gasteiger partial charge in [-0.15, -0.1) is 0 Å². The molecule has 0 saturated heterocycles. The largest absolute Gasteiger partial charge is 0.490 e. The SMILES string of the molecule is CC(=O)c1ccc(N=Cc2cc(Br)ccc2OC(C)C)cc1. The number of aliphatic imine (C=N–C) groups is 1. The molecular formula is C18H18BrNO2. The number of Topliss-reactive ketones (excluding diaryl/α,β-unsaturated/α-hetero) is 1. The van der Waals surface area contributed by atoms with Gasteiger partial charge in [0.25, 0.3) is 0 Å². The lowest BCUT2D eigenvalue weighted by Crippen LogP contribution is -2.07. The Labute approximate surface area is 139 Å². The number of hydrogen-bond acceptors (Lipinski definition) is 3. The number of carbonyl (C=O) groups is 1. The molecule has 0 fully saturated rings. The highest BCUT2D eigenvalue weighted by molar-refractivity contribution is 9.10. The van der Waals surface area contributed by atoms with E-state index in [1.165, 1.54) is 0 Å². The summed E-state index contributed by atoms with van der Waals surface area (Å²) in [5, 5.41) is 0. The molecule has 0 aromatic heterocycles. The highest BCUT2D eigenvalue weighted by atomic mass is 79.9. The predicted molar refractivity (Wildman–Crippen MR) is 93.6 cm³/mol. The number of carbonyl (C=O) groups excluding carboxylic acids is 1. The maximum atomic E-state index is 11.3. The summed E-state index contributed by atoms with van der Waals surface area (Å²) in [7, 11) is 0. The topological polar surface area (TPSA) is 38.7 Å². The third-order valence-electron chi connectivity index (χ3n) is 2.96. The first-order chi connectivity index (χ1) is 10.5. The monoisotopic (exact) mass is 359 g/mol. The average Bonchev–Trinajstić information content (AvgIpc) is 2.47. The Bertz CT molecular complexity index is 691. The van der Waals surface area contributed by atoms with Gasteiger partial charge in [-0.05, 0) is 63.2 Å². The zero-order chi connectivity index (χ0) is 16.1. The van der Waals surface area contributed by atoms with Crippen LogP contribution in [0.5, 0.6) is 5.75 Å². The normalized spacial score (nSPS) is 11.1. The predicted octanol–water partition coefficient (Wildman–Crippen LogP) is 5.19. The molecule has 0 saturated carbocycles. The molecule has 2 aromatic rings. The van der Waals surface area contributed by atoms with Gasteiger partial charge < -0.3 is 4.74 Å². The molecule has 3 nitrogen and oxygen atoms in total. The lowest BCUT2D eigenvalue weighted by Gasteiger charge is -2.12. The second kappa shape index (κ2) is 7.36. The maximum absolute atomic E-state index is 11.3. The zero-order valence-electron chi connectivity index (χ0n) is 12.8. The molecule has 0 heterocycles. The fourth-order valence-electron chi connectivity index (χ4n) is 1.91. The summed E-state index contributed by atoms with van der Waals surface area (Å²) in [6.45, 7) is 5.53. The number of ether oxygens (including phenoxy) is 1. The van der Waals surface area contributed by atoms with Crippen LogP contribution in [0.25, 0.3) is 0 Å². The van der Waals surface area contributed by atoms with Crippen LogP contribution in [0, 0.1) is 0 Å². The fraction of sp³-hybridized carbons (Fsp3) is 0.222. The Kier molecular flexibility index (Phi) is 5.50. The lowest BCUT2D eigenvalue weighted by atomic mass is 10.1. The summed E-state index contributed by atoms with van der Waals surface area (Å²) in [6.07, 6.45) is 1.87. The van der Waals surface area contributed by atoms with Crippen LogP contribution in [0.4, 0.5) is 5.69 Å². The molecule has 114 valence electrons. The highest BCUT2D eigenvalue weighted by Crippen LogP contribution is 2.24. The molecule has 0 N–H and O–H groups in total. The Morgan fingerprint density at radius 2 is 1.86 bits per heavy atom. The minimum atomic E-state index is 0.0511. The fourth-order valence-corrected chi connectivity index (χ4v) is 2.29. The van der Waals surface area contributed by atoms with E-state index in [1.807, 2.05) is 44.2 Å². The molecule has 0 unspecified atom stereocenters. The summed E-state index contributed by atoms with van der Waals surface area (Å²) >= 11 is 3.46. The Hall–Kier alpha value is -1.94. The molecule has 0 bridgehead atoms. The van der Waals surface area contributed by atoms with Crippen molar-refractivity contribution in [3.05, 3.63) is 58.1 Å². The smallest absolute Gasteiger partial charge is 0.159 e. The molecule has 2 aromatic carbocycles. The van der Waals surface area contributed by atoms with Gasteiger partial charge in [0, 0.05) is 21.8 Å². The van der Waals surface area contributed by atoms with Crippen molar-refractivity contribution in [2.24, 2.45) is 4.99 Å². The van der Waals surface area contributed by atoms with Crippen LogP contribution in [0.1, 0.15) is 36.7 Å². The van der Waals surface area contributed by atoms with Gasteiger partial charge in [0.05, 0.1) is 11.8 Å². The second-order valence-corrected chi connectivity index (χ2v) is 6.13. The average molecular weight is 360 g/mol. The van der Waals surface area contributed by atoms with Gasteiger partial charge in [0.15, 0.2) is 5.78 Å². The van der Waals surface area contributed by atoms with Crippen molar-refractivity contribution in [1.29, 1.82) is 0 Å². The quantitative estimate of drug-likeness (QED) is 0.544. The van der Waals surface area contributed by atoms with E-state index in [9.17, 15) is 4.79 Å². The second-order valence-electron chi connectivity index (χ2n) is 5.21. The van der Waals surface area contributed by atoms with Crippen LogP contribution in [-0.2, 0) is 0 Å². The number of hydrogen-bond donors (Lipinski definition) is 0. The van der Waals surface area contributed by atoms with E-state index < -0.39 is 0 Å². The molecule has 4 heteroatoms.